The van der Waals surface area contributed by atoms with Crippen LogP contribution in [0.15, 0.2) is 29.2 Å². The van der Waals surface area contributed by atoms with E-state index in [4.69, 9.17) is 5.73 Å². The summed E-state index contributed by atoms with van der Waals surface area (Å²) in [5.41, 5.74) is 6.14. The fraction of sp³-hybridized carbons (Fsp3) is 0.467. The molecule has 1 saturated heterocycles. The summed E-state index contributed by atoms with van der Waals surface area (Å²) in [6.45, 7) is 1.15. The first-order chi connectivity index (χ1) is 10.0. The van der Waals surface area contributed by atoms with Crippen molar-refractivity contribution >= 4 is 23.6 Å². The fourth-order valence-electron chi connectivity index (χ4n) is 2.82. The van der Waals surface area contributed by atoms with E-state index in [1.54, 1.807) is 11.8 Å². The van der Waals surface area contributed by atoms with Crippen molar-refractivity contribution < 1.29 is 14.7 Å². The van der Waals surface area contributed by atoms with E-state index in [-0.39, 0.29) is 11.8 Å². The van der Waals surface area contributed by atoms with Gasteiger partial charge in [0.25, 0.3) is 0 Å². The summed E-state index contributed by atoms with van der Waals surface area (Å²) in [5, 5.41) is 9.63. The van der Waals surface area contributed by atoms with Crippen LogP contribution >= 0.6 is 11.8 Å². The second kappa shape index (κ2) is 6.95. The van der Waals surface area contributed by atoms with Gasteiger partial charge in [0.05, 0.1) is 0 Å². The monoisotopic (exact) mass is 308 g/mol. The minimum absolute atomic E-state index is 0.133. The number of primary amides is 1. The summed E-state index contributed by atoms with van der Waals surface area (Å²) in [6, 6.07) is 6.91. The van der Waals surface area contributed by atoms with Gasteiger partial charge in [0.1, 0.15) is 6.04 Å². The van der Waals surface area contributed by atoms with E-state index in [1.165, 1.54) is 0 Å². The molecule has 0 saturated carbocycles. The molecule has 1 aliphatic rings. The average Bonchev–Trinajstić information content (AvgIpc) is 2.48. The number of rotatable bonds is 5. The standard InChI is InChI=1S/C15H20N2O3S/c1-21-12-5-3-2-4-11(12)13(15(19)20)17-8-6-10(7-9-17)14(16)18/h2-5,10,13H,6-9H2,1H3,(H2,16,18)(H,19,20)/t13-/m0/s1. The first-order valence-electron chi connectivity index (χ1n) is 6.93. The van der Waals surface area contributed by atoms with Crippen LogP contribution in [0.5, 0.6) is 0 Å². The van der Waals surface area contributed by atoms with E-state index < -0.39 is 12.0 Å². The van der Waals surface area contributed by atoms with Crippen molar-refractivity contribution in [1.82, 2.24) is 4.90 Å². The SMILES string of the molecule is CSc1ccccc1[C@@H](C(=O)O)N1CCC(C(N)=O)CC1. The van der Waals surface area contributed by atoms with Gasteiger partial charge in [-0.05, 0) is 30.7 Å². The smallest absolute Gasteiger partial charge is 0.325 e. The molecule has 1 fully saturated rings. The molecule has 0 radical (unpaired) electrons. The van der Waals surface area contributed by atoms with Crippen LogP contribution < -0.4 is 5.73 Å². The molecule has 0 aliphatic carbocycles. The zero-order valence-electron chi connectivity index (χ0n) is 12.0. The van der Waals surface area contributed by atoms with Crippen LogP contribution in [0.25, 0.3) is 0 Å². The summed E-state index contributed by atoms with van der Waals surface area (Å²) in [5.74, 6) is -1.27. The quantitative estimate of drug-likeness (QED) is 0.809. The second-order valence-corrected chi connectivity index (χ2v) is 6.04. The molecular formula is C15H20N2O3S. The molecule has 0 bridgehead atoms. The Bertz CT molecular complexity index is 527. The summed E-state index contributed by atoms with van der Waals surface area (Å²) in [7, 11) is 0. The number of nitrogens with two attached hydrogens (primary N) is 1. The lowest BCUT2D eigenvalue weighted by Gasteiger charge is -2.35. The van der Waals surface area contributed by atoms with Crippen molar-refractivity contribution in [2.24, 2.45) is 11.7 Å². The highest BCUT2D eigenvalue weighted by atomic mass is 32.2. The average molecular weight is 308 g/mol. The predicted octanol–water partition coefficient (Wildman–Crippen LogP) is 1.73. The maximum atomic E-state index is 11.7. The molecule has 21 heavy (non-hydrogen) atoms. The molecule has 1 heterocycles. The van der Waals surface area contributed by atoms with Crippen molar-refractivity contribution in [3.8, 4) is 0 Å². The van der Waals surface area contributed by atoms with Crippen molar-refractivity contribution in [1.29, 1.82) is 0 Å². The molecule has 1 aromatic rings. The van der Waals surface area contributed by atoms with Crippen molar-refractivity contribution in [3.05, 3.63) is 29.8 Å². The van der Waals surface area contributed by atoms with E-state index in [9.17, 15) is 14.7 Å². The molecule has 0 unspecified atom stereocenters. The van der Waals surface area contributed by atoms with Crippen LogP contribution in [0.1, 0.15) is 24.4 Å². The molecule has 1 aliphatic heterocycles. The van der Waals surface area contributed by atoms with E-state index in [2.05, 4.69) is 0 Å². The molecule has 0 aromatic heterocycles. The van der Waals surface area contributed by atoms with Crippen LogP contribution in [0, 0.1) is 5.92 Å². The Morgan fingerprint density at radius 1 is 1.33 bits per heavy atom. The normalized spacial score (nSPS) is 18.3. The highest BCUT2D eigenvalue weighted by Crippen LogP contribution is 2.32. The highest BCUT2D eigenvalue weighted by Gasteiger charge is 2.33. The number of piperidine rings is 1. The predicted molar refractivity (Wildman–Crippen MR) is 82.1 cm³/mol. The van der Waals surface area contributed by atoms with Crippen molar-refractivity contribution in [2.45, 2.75) is 23.8 Å². The number of hydrogen-bond acceptors (Lipinski definition) is 4. The molecule has 6 heteroatoms. The minimum atomic E-state index is -0.853. The maximum Gasteiger partial charge on any atom is 0.325 e. The first kappa shape index (κ1) is 15.9. The van der Waals surface area contributed by atoms with Crippen LogP contribution in [-0.4, -0.2) is 41.2 Å². The van der Waals surface area contributed by atoms with Gasteiger partial charge in [-0.3, -0.25) is 14.5 Å². The summed E-state index contributed by atoms with van der Waals surface area (Å²) in [6.07, 6.45) is 3.19. The molecule has 1 atom stereocenters. The lowest BCUT2D eigenvalue weighted by molar-refractivity contribution is -0.144. The van der Waals surface area contributed by atoms with E-state index in [0.29, 0.717) is 25.9 Å². The zero-order chi connectivity index (χ0) is 15.4. The molecule has 3 N–H and O–H groups in total. The van der Waals surface area contributed by atoms with Gasteiger partial charge in [0, 0.05) is 23.9 Å². The molecule has 2 rings (SSSR count). The van der Waals surface area contributed by atoms with E-state index in [1.807, 2.05) is 35.4 Å². The Hall–Kier alpha value is -1.53. The number of thioether (sulfide) groups is 1. The zero-order valence-corrected chi connectivity index (χ0v) is 12.8. The second-order valence-electron chi connectivity index (χ2n) is 5.20. The van der Waals surface area contributed by atoms with Gasteiger partial charge in [0.2, 0.25) is 5.91 Å². The molecule has 0 spiro atoms. The molecule has 1 amide bonds. The Morgan fingerprint density at radius 2 is 1.95 bits per heavy atom. The van der Waals surface area contributed by atoms with Crippen LogP contribution in [0.3, 0.4) is 0 Å². The summed E-state index contributed by atoms with van der Waals surface area (Å²) in [4.78, 5) is 25.9. The highest BCUT2D eigenvalue weighted by molar-refractivity contribution is 7.98. The molecule has 1 aromatic carbocycles. The van der Waals surface area contributed by atoms with Crippen molar-refractivity contribution in [2.75, 3.05) is 19.3 Å². The van der Waals surface area contributed by atoms with Gasteiger partial charge >= 0.3 is 5.97 Å². The maximum absolute atomic E-state index is 11.7. The van der Waals surface area contributed by atoms with Crippen LogP contribution in [0.4, 0.5) is 0 Å². The lowest BCUT2D eigenvalue weighted by atomic mass is 9.93. The number of carboxylic acids is 1. The van der Waals surface area contributed by atoms with Gasteiger partial charge in [-0.1, -0.05) is 18.2 Å². The number of aliphatic carboxylic acids is 1. The number of carbonyl (C=O) groups is 2. The van der Waals surface area contributed by atoms with Gasteiger partial charge in [-0.2, -0.15) is 0 Å². The number of amides is 1. The third-order valence-corrected chi connectivity index (χ3v) is 4.78. The Balaban J connectivity index is 2.21. The molecule has 114 valence electrons. The number of likely N-dealkylation sites (tertiary alicyclic amines) is 1. The summed E-state index contributed by atoms with van der Waals surface area (Å²) >= 11 is 1.55. The van der Waals surface area contributed by atoms with Gasteiger partial charge in [-0.15, -0.1) is 11.8 Å². The Morgan fingerprint density at radius 3 is 2.48 bits per heavy atom. The van der Waals surface area contributed by atoms with Gasteiger partial charge < -0.3 is 10.8 Å². The van der Waals surface area contributed by atoms with Gasteiger partial charge in [-0.25, -0.2) is 0 Å². The minimum Gasteiger partial charge on any atom is -0.480 e. The first-order valence-corrected chi connectivity index (χ1v) is 8.16. The number of nitrogens with zero attached hydrogens (tertiary/aromatic N) is 1. The number of benzene rings is 1. The third-order valence-electron chi connectivity index (χ3n) is 3.96. The largest absolute Gasteiger partial charge is 0.480 e. The van der Waals surface area contributed by atoms with Crippen LogP contribution in [-0.2, 0) is 9.59 Å². The Labute approximate surface area is 128 Å². The van der Waals surface area contributed by atoms with Gasteiger partial charge in [0.15, 0.2) is 0 Å². The Kier molecular flexibility index (Phi) is 5.25. The number of hydrogen-bond donors (Lipinski definition) is 2. The molecular weight excluding hydrogens is 288 g/mol. The fourth-order valence-corrected chi connectivity index (χ4v) is 3.45. The topological polar surface area (TPSA) is 83.6 Å². The lowest BCUT2D eigenvalue weighted by Crippen LogP contribution is -2.43. The third kappa shape index (κ3) is 3.57. The summed E-state index contributed by atoms with van der Waals surface area (Å²) < 4.78 is 0. The van der Waals surface area contributed by atoms with Crippen LogP contribution in [0.2, 0.25) is 0 Å². The van der Waals surface area contributed by atoms with E-state index >= 15 is 0 Å². The number of carbonyl (C=O) groups excluding carboxylic acids is 1. The molecule has 5 nitrogen and oxygen atoms in total. The van der Waals surface area contributed by atoms with E-state index in [0.717, 1.165) is 10.5 Å². The van der Waals surface area contributed by atoms with Crippen molar-refractivity contribution in [3.63, 3.8) is 0 Å². The number of carboxylic acid groups (broad SMARTS) is 1.